The number of hydrogen-bond acceptors (Lipinski definition) is 8. The van der Waals surface area contributed by atoms with Gasteiger partial charge in [0.2, 0.25) is 11.8 Å². The summed E-state index contributed by atoms with van der Waals surface area (Å²) in [6.07, 6.45) is 1.29. The molecule has 0 aliphatic carbocycles. The number of carbonyl (C=O) groups is 2. The Kier molecular flexibility index (Phi) is 8.45. The van der Waals surface area contributed by atoms with Gasteiger partial charge < -0.3 is 26.0 Å². The first kappa shape index (κ1) is 26.5. The van der Waals surface area contributed by atoms with Crippen LogP contribution < -0.4 is 21.3 Å². The third-order valence-corrected chi connectivity index (χ3v) is 8.54. The van der Waals surface area contributed by atoms with E-state index in [9.17, 15) is 9.59 Å². The third kappa shape index (κ3) is 5.95. The first-order valence-electron chi connectivity index (χ1n) is 12.7. The molecule has 198 valence electrons. The molecule has 0 radical (unpaired) electrons. The van der Waals surface area contributed by atoms with Gasteiger partial charge in [0.05, 0.1) is 16.8 Å². The first-order valence-corrected chi connectivity index (χ1v) is 14.3. The maximum atomic E-state index is 12.8. The molecule has 4 aromatic rings. The number of rotatable bonds is 10. The summed E-state index contributed by atoms with van der Waals surface area (Å²) in [5.41, 5.74) is 5.94. The monoisotopic (exact) mass is 549 g/mol. The molecule has 0 unspecified atom stereocenters. The number of benzene rings is 2. The molecular formula is C28H31N5O3S2. The van der Waals surface area contributed by atoms with E-state index in [4.69, 9.17) is 9.72 Å². The number of thiazole rings is 1. The molecule has 0 atom stereocenters. The predicted molar refractivity (Wildman–Crippen MR) is 156 cm³/mol. The SMILES string of the molecule is COCCNCCC(=O)Nc1sc2c(c1-c1nc3cc(-c4ccccc4NC(C)=O)ccc3s1)CCNC2. The number of amides is 2. The van der Waals surface area contributed by atoms with Crippen LogP contribution in [0.5, 0.6) is 0 Å². The lowest BCUT2D eigenvalue weighted by atomic mass is 10.0. The van der Waals surface area contributed by atoms with Crippen LogP contribution in [0.4, 0.5) is 10.7 Å². The number of anilines is 2. The van der Waals surface area contributed by atoms with Crippen molar-refractivity contribution in [3.63, 3.8) is 0 Å². The van der Waals surface area contributed by atoms with Crippen LogP contribution in [-0.2, 0) is 27.3 Å². The average Bonchev–Trinajstić information content (AvgIpc) is 3.48. The van der Waals surface area contributed by atoms with Crippen molar-refractivity contribution in [3.05, 3.63) is 52.9 Å². The average molecular weight is 550 g/mol. The van der Waals surface area contributed by atoms with Crippen LogP contribution in [0.15, 0.2) is 42.5 Å². The molecule has 0 saturated carbocycles. The molecule has 4 N–H and O–H groups in total. The summed E-state index contributed by atoms with van der Waals surface area (Å²) in [7, 11) is 1.66. The summed E-state index contributed by atoms with van der Waals surface area (Å²) in [5.74, 6) is -0.118. The summed E-state index contributed by atoms with van der Waals surface area (Å²) < 4.78 is 6.12. The number of aromatic nitrogens is 1. The number of methoxy groups -OCH3 is 1. The Morgan fingerprint density at radius 1 is 1.11 bits per heavy atom. The maximum Gasteiger partial charge on any atom is 0.226 e. The Morgan fingerprint density at radius 2 is 1.97 bits per heavy atom. The maximum absolute atomic E-state index is 12.8. The number of carbonyl (C=O) groups excluding carboxylic acids is 2. The first-order chi connectivity index (χ1) is 18.5. The minimum atomic E-state index is -0.105. The molecule has 3 heterocycles. The van der Waals surface area contributed by atoms with E-state index in [1.807, 2.05) is 24.3 Å². The molecule has 5 rings (SSSR count). The van der Waals surface area contributed by atoms with Gasteiger partial charge in [0.1, 0.15) is 10.0 Å². The van der Waals surface area contributed by atoms with Crippen molar-refractivity contribution in [1.82, 2.24) is 15.6 Å². The largest absolute Gasteiger partial charge is 0.383 e. The highest BCUT2D eigenvalue weighted by Gasteiger charge is 2.25. The van der Waals surface area contributed by atoms with E-state index in [1.54, 1.807) is 29.8 Å². The Morgan fingerprint density at radius 3 is 2.82 bits per heavy atom. The normalized spacial score (nSPS) is 12.9. The highest BCUT2D eigenvalue weighted by molar-refractivity contribution is 7.23. The third-order valence-electron chi connectivity index (χ3n) is 6.34. The van der Waals surface area contributed by atoms with Crippen molar-refractivity contribution in [2.24, 2.45) is 0 Å². The van der Waals surface area contributed by atoms with Gasteiger partial charge in [0, 0.05) is 61.8 Å². The molecule has 0 spiro atoms. The number of nitrogens with one attached hydrogen (secondary N) is 4. The van der Waals surface area contributed by atoms with Crippen molar-refractivity contribution in [3.8, 4) is 21.7 Å². The molecule has 0 fully saturated rings. The summed E-state index contributed by atoms with van der Waals surface area (Å²) in [5, 5.41) is 14.5. The highest BCUT2D eigenvalue weighted by Crippen LogP contribution is 2.45. The second-order valence-corrected chi connectivity index (χ2v) is 11.2. The highest BCUT2D eigenvalue weighted by atomic mass is 32.1. The zero-order chi connectivity index (χ0) is 26.5. The Labute approximate surface area is 229 Å². The van der Waals surface area contributed by atoms with E-state index in [2.05, 4.69) is 39.5 Å². The summed E-state index contributed by atoms with van der Waals surface area (Å²) in [6.45, 7) is 5.16. The lowest BCUT2D eigenvalue weighted by Gasteiger charge is -2.13. The Bertz CT molecular complexity index is 1460. The number of thiophene rings is 1. The molecule has 2 amide bonds. The molecule has 2 aromatic carbocycles. The molecule has 38 heavy (non-hydrogen) atoms. The molecule has 0 bridgehead atoms. The number of ether oxygens (including phenoxy) is 1. The van der Waals surface area contributed by atoms with Gasteiger partial charge in [-0.3, -0.25) is 9.59 Å². The van der Waals surface area contributed by atoms with E-state index < -0.39 is 0 Å². The summed E-state index contributed by atoms with van der Waals surface area (Å²) in [4.78, 5) is 30.8. The van der Waals surface area contributed by atoms with E-state index in [0.717, 1.165) is 68.7 Å². The van der Waals surface area contributed by atoms with Crippen molar-refractivity contribution < 1.29 is 14.3 Å². The second kappa shape index (κ2) is 12.1. The molecular weight excluding hydrogens is 518 g/mol. The lowest BCUT2D eigenvalue weighted by Crippen LogP contribution is -2.24. The van der Waals surface area contributed by atoms with Crippen LogP contribution >= 0.6 is 22.7 Å². The molecule has 1 aliphatic heterocycles. The van der Waals surface area contributed by atoms with Gasteiger partial charge in [0.25, 0.3) is 0 Å². The van der Waals surface area contributed by atoms with E-state index >= 15 is 0 Å². The molecule has 1 aliphatic rings. The van der Waals surface area contributed by atoms with Gasteiger partial charge >= 0.3 is 0 Å². The summed E-state index contributed by atoms with van der Waals surface area (Å²) in [6, 6.07) is 14.0. The van der Waals surface area contributed by atoms with Gasteiger partial charge in [0.15, 0.2) is 0 Å². The van der Waals surface area contributed by atoms with Gasteiger partial charge in [-0.1, -0.05) is 24.3 Å². The zero-order valence-electron chi connectivity index (χ0n) is 21.5. The fraction of sp³-hybridized carbons (Fsp3) is 0.321. The summed E-state index contributed by atoms with van der Waals surface area (Å²) >= 11 is 3.28. The van der Waals surface area contributed by atoms with Crippen molar-refractivity contribution in [2.75, 3.05) is 44.0 Å². The minimum Gasteiger partial charge on any atom is -0.383 e. The second-order valence-electron chi connectivity index (χ2n) is 9.10. The Hall–Kier alpha value is -3.15. The van der Waals surface area contributed by atoms with Crippen molar-refractivity contribution >= 4 is 55.4 Å². The van der Waals surface area contributed by atoms with Crippen LogP contribution in [0.2, 0.25) is 0 Å². The topological polar surface area (TPSA) is 104 Å². The fourth-order valence-electron chi connectivity index (χ4n) is 4.57. The zero-order valence-corrected chi connectivity index (χ0v) is 23.1. The molecule has 10 heteroatoms. The van der Waals surface area contributed by atoms with E-state index in [-0.39, 0.29) is 11.8 Å². The molecule has 2 aromatic heterocycles. The van der Waals surface area contributed by atoms with Crippen LogP contribution in [0.3, 0.4) is 0 Å². The fourth-order valence-corrected chi connectivity index (χ4v) is 6.90. The van der Waals surface area contributed by atoms with Crippen molar-refractivity contribution in [1.29, 1.82) is 0 Å². The predicted octanol–water partition coefficient (Wildman–Crippen LogP) is 4.86. The van der Waals surface area contributed by atoms with Crippen LogP contribution in [0, 0.1) is 0 Å². The van der Waals surface area contributed by atoms with Gasteiger partial charge in [-0.2, -0.15) is 0 Å². The quantitative estimate of drug-likeness (QED) is 0.211. The molecule has 0 saturated heterocycles. The van der Waals surface area contributed by atoms with E-state index in [1.165, 1.54) is 17.4 Å². The van der Waals surface area contributed by atoms with Crippen LogP contribution in [0.1, 0.15) is 23.8 Å². The molecule has 8 nitrogen and oxygen atoms in total. The van der Waals surface area contributed by atoms with Crippen molar-refractivity contribution in [2.45, 2.75) is 26.3 Å². The van der Waals surface area contributed by atoms with Crippen LogP contribution in [0.25, 0.3) is 31.9 Å². The number of nitrogens with zero attached hydrogens (tertiary/aromatic N) is 1. The van der Waals surface area contributed by atoms with Gasteiger partial charge in [-0.25, -0.2) is 4.98 Å². The van der Waals surface area contributed by atoms with Gasteiger partial charge in [-0.15, -0.1) is 22.7 Å². The standard InChI is InChI=1S/C28H31N5O3S2/c1-17(34)31-21-6-4-3-5-19(21)18-7-8-23-22(15-18)32-27(37-23)26-20-9-11-30-16-24(20)38-28(26)33-25(35)10-12-29-13-14-36-2/h3-8,15,29-30H,9-14,16H2,1-2H3,(H,31,34)(H,33,35). The Balaban J connectivity index is 1.45. The number of hydrogen-bond donors (Lipinski definition) is 4. The van der Waals surface area contributed by atoms with Crippen LogP contribution in [-0.4, -0.2) is 50.1 Å². The lowest BCUT2D eigenvalue weighted by molar-refractivity contribution is -0.116. The van der Waals surface area contributed by atoms with Gasteiger partial charge in [-0.05, 0) is 42.3 Å². The van der Waals surface area contributed by atoms with E-state index in [0.29, 0.717) is 19.6 Å². The minimum absolute atomic E-state index is 0.0132. The smallest absolute Gasteiger partial charge is 0.226 e. The number of para-hydroxylation sites is 1. The number of fused-ring (bicyclic) bond motifs is 2.